The van der Waals surface area contributed by atoms with Gasteiger partial charge in [-0.1, -0.05) is 18.7 Å². The second kappa shape index (κ2) is 7.50. The molecular weight excluding hydrogens is 354 g/mol. The first kappa shape index (κ1) is 20.0. The van der Waals surface area contributed by atoms with Crippen LogP contribution in [0.15, 0.2) is 9.95 Å². The Bertz CT molecular complexity index is 852. The molecule has 0 saturated carbocycles. The van der Waals surface area contributed by atoms with Crippen LogP contribution in [0.5, 0.6) is 0 Å². The van der Waals surface area contributed by atoms with E-state index in [-0.39, 0.29) is 22.3 Å². The van der Waals surface area contributed by atoms with E-state index in [1.165, 1.54) is 23.1 Å². The number of carbonyl (C=O) groups is 1. The fraction of sp³-hybridized carbons (Fsp3) is 0.611. The predicted octanol–water partition coefficient (Wildman–Crippen LogP) is 3.88. The van der Waals surface area contributed by atoms with Crippen LogP contribution in [0.2, 0.25) is 0 Å². The van der Waals surface area contributed by atoms with Gasteiger partial charge in [0.15, 0.2) is 5.16 Å². The van der Waals surface area contributed by atoms with Gasteiger partial charge >= 0.3 is 0 Å². The zero-order valence-electron chi connectivity index (χ0n) is 16.0. The Morgan fingerprint density at radius 1 is 1.36 bits per heavy atom. The van der Waals surface area contributed by atoms with Crippen molar-refractivity contribution < 1.29 is 4.79 Å². The summed E-state index contributed by atoms with van der Waals surface area (Å²) in [4.78, 5) is 31.9. The van der Waals surface area contributed by atoms with Crippen molar-refractivity contribution in [1.29, 1.82) is 0 Å². The number of nitrogens with one attached hydrogen (secondary N) is 1. The number of hydrogen-bond acceptors (Lipinski definition) is 5. The van der Waals surface area contributed by atoms with Gasteiger partial charge in [0.2, 0.25) is 5.91 Å². The van der Waals surface area contributed by atoms with Crippen molar-refractivity contribution in [3.63, 3.8) is 0 Å². The molecule has 0 spiro atoms. The standard InChI is InChI=1S/C18H27N3O2S2/c1-8-18(6,7)20-14(22)12(5)25-17-19-15-13(10(3)11(4)24-15)16(23)21(17)9-2/h12H,8-9H2,1-7H3,(H,20,22). The number of fused-ring (bicyclic) bond motifs is 1. The molecule has 0 aliphatic carbocycles. The van der Waals surface area contributed by atoms with E-state index in [1.807, 2.05) is 48.5 Å². The molecule has 0 radical (unpaired) electrons. The summed E-state index contributed by atoms with van der Waals surface area (Å²) in [5, 5.41) is 4.05. The molecule has 2 rings (SSSR count). The predicted molar refractivity (Wildman–Crippen MR) is 107 cm³/mol. The van der Waals surface area contributed by atoms with Gasteiger partial charge in [-0.15, -0.1) is 11.3 Å². The van der Waals surface area contributed by atoms with Crippen LogP contribution in [0.4, 0.5) is 0 Å². The van der Waals surface area contributed by atoms with Crippen LogP contribution in [-0.2, 0) is 11.3 Å². The quantitative estimate of drug-likeness (QED) is 0.609. The lowest BCUT2D eigenvalue weighted by Gasteiger charge is -2.26. The number of hydrogen-bond donors (Lipinski definition) is 1. The third-order valence-electron chi connectivity index (χ3n) is 4.57. The molecule has 0 saturated heterocycles. The maximum Gasteiger partial charge on any atom is 0.263 e. The van der Waals surface area contributed by atoms with Crippen molar-refractivity contribution in [2.24, 2.45) is 0 Å². The van der Waals surface area contributed by atoms with Crippen LogP contribution >= 0.6 is 23.1 Å². The highest BCUT2D eigenvalue weighted by Crippen LogP contribution is 2.29. The summed E-state index contributed by atoms with van der Waals surface area (Å²) in [7, 11) is 0. The molecule has 1 unspecified atom stereocenters. The van der Waals surface area contributed by atoms with Gasteiger partial charge in [-0.3, -0.25) is 14.2 Å². The van der Waals surface area contributed by atoms with Crippen molar-refractivity contribution in [1.82, 2.24) is 14.9 Å². The molecule has 0 fully saturated rings. The lowest BCUT2D eigenvalue weighted by atomic mass is 10.0. The summed E-state index contributed by atoms with van der Waals surface area (Å²) in [5.41, 5.74) is 0.750. The van der Waals surface area contributed by atoms with Crippen molar-refractivity contribution in [3.8, 4) is 0 Å². The first-order chi connectivity index (χ1) is 11.6. The molecule has 0 aromatic carbocycles. The summed E-state index contributed by atoms with van der Waals surface area (Å²) in [6.07, 6.45) is 0.855. The third-order valence-corrected chi connectivity index (χ3v) is 6.76. The Morgan fingerprint density at radius 3 is 2.56 bits per heavy atom. The average Bonchev–Trinajstić information content (AvgIpc) is 2.82. The summed E-state index contributed by atoms with van der Waals surface area (Å²) >= 11 is 2.88. The van der Waals surface area contributed by atoms with Gasteiger partial charge in [0.1, 0.15) is 4.83 Å². The normalized spacial score (nSPS) is 13.2. The van der Waals surface area contributed by atoms with Crippen molar-refractivity contribution in [2.45, 2.75) is 77.4 Å². The molecule has 25 heavy (non-hydrogen) atoms. The van der Waals surface area contributed by atoms with Gasteiger partial charge in [-0.25, -0.2) is 4.98 Å². The minimum Gasteiger partial charge on any atom is -0.350 e. The second-order valence-electron chi connectivity index (χ2n) is 6.89. The van der Waals surface area contributed by atoms with E-state index in [2.05, 4.69) is 5.32 Å². The van der Waals surface area contributed by atoms with Crippen molar-refractivity contribution in [2.75, 3.05) is 0 Å². The van der Waals surface area contributed by atoms with E-state index >= 15 is 0 Å². The molecule has 1 amide bonds. The highest BCUT2D eigenvalue weighted by molar-refractivity contribution is 8.00. The van der Waals surface area contributed by atoms with E-state index in [0.29, 0.717) is 17.1 Å². The molecule has 2 aromatic heterocycles. The number of carbonyl (C=O) groups excluding carboxylic acids is 1. The summed E-state index contributed by atoms with van der Waals surface area (Å²) in [5.74, 6) is -0.0348. The maximum absolute atomic E-state index is 12.9. The van der Waals surface area contributed by atoms with Crippen LogP contribution in [-0.4, -0.2) is 26.2 Å². The zero-order chi connectivity index (χ0) is 18.9. The monoisotopic (exact) mass is 381 g/mol. The topological polar surface area (TPSA) is 64.0 Å². The first-order valence-corrected chi connectivity index (χ1v) is 10.3. The molecule has 0 aliphatic rings. The van der Waals surface area contributed by atoms with E-state index in [9.17, 15) is 9.59 Å². The third kappa shape index (κ3) is 4.08. The highest BCUT2D eigenvalue weighted by atomic mass is 32.2. The first-order valence-electron chi connectivity index (χ1n) is 8.60. The lowest BCUT2D eigenvalue weighted by molar-refractivity contribution is -0.121. The van der Waals surface area contributed by atoms with Crippen LogP contribution in [0.3, 0.4) is 0 Å². The SMILES string of the molecule is CCn1c(SC(C)C(=O)NC(C)(C)CC)nc2sc(C)c(C)c2c1=O. The smallest absolute Gasteiger partial charge is 0.263 e. The van der Waals surface area contributed by atoms with Gasteiger partial charge in [-0.2, -0.15) is 0 Å². The number of aromatic nitrogens is 2. The summed E-state index contributed by atoms with van der Waals surface area (Å²) < 4.78 is 1.67. The minimum atomic E-state index is -0.324. The fourth-order valence-corrected chi connectivity index (χ4v) is 4.46. The number of amides is 1. The van der Waals surface area contributed by atoms with E-state index < -0.39 is 0 Å². The molecule has 5 nitrogen and oxygen atoms in total. The number of thiophene rings is 1. The molecule has 2 heterocycles. The molecule has 1 atom stereocenters. The van der Waals surface area contributed by atoms with E-state index in [0.717, 1.165) is 21.7 Å². The van der Waals surface area contributed by atoms with E-state index in [1.54, 1.807) is 4.57 Å². The van der Waals surface area contributed by atoms with Crippen LogP contribution in [0.1, 0.15) is 51.5 Å². The van der Waals surface area contributed by atoms with E-state index in [4.69, 9.17) is 4.98 Å². The van der Waals surface area contributed by atoms with Gasteiger partial charge in [0.25, 0.3) is 5.56 Å². The summed E-state index contributed by atoms with van der Waals surface area (Å²) in [6, 6.07) is 0. The Hall–Kier alpha value is -1.34. The highest BCUT2D eigenvalue weighted by Gasteiger charge is 2.24. The molecule has 2 aromatic rings. The Balaban J connectivity index is 2.38. The maximum atomic E-state index is 12.9. The average molecular weight is 382 g/mol. The number of rotatable bonds is 6. The molecule has 138 valence electrons. The molecule has 0 aliphatic heterocycles. The summed E-state index contributed by atoms with van der Waals surface area (Å²) in [6.45, 7) is 14.3. The van der Waals surface area contributed by atoms with Gasteiger partial charge < -0.3 is 5.32 Å². The minimum absolute atomic E-state index is 0.0154. The number of nitrogens with zero attached hydrogens (tertiary/aromatic N) is 2. The molecule has 1 N–H and O–H groups in total. The lowest BCUT2D eigenvalue weighted by Crippen LogP contribution is -2.46. The molecular formula is C18H27N3O2S2. The van der Waals surface area contributed by atoms with Crippen molar-refractivity contribution >= 4 is 39.2 Å². The van der Waals surface area contributed by atoms with Crippen molar-refractivity contribution in [3.05, 3.63) is 20.8 Å². The molecule has 7 heteroatoms. The number of thioether (sulfide) groups is 1. The Labute approximate surface area is 157 Å². The van der Waals surface area contributed by atoms with Crippen LogP contribution < -0.4 is 10.9 Å². The van der Waals surface area contributed by atoms with Gasteiger partial charge in [0, 0.05) is 17.0 Å². The van der Waals surface area contributed by atoms with Crippen LogP contribution in [0, 0.1) is 13.8 Å². The fourth-order valence-electron chi connectivity index (χ4n) is 2.41. The second-order valence-corrected chi connectivity index (χ2v) is 9.41. The number of aryl methyl sites for hydroxylation is 2. The Kier molecular flexibility index (Phi) is 5.99. The largest absolute Gasteiger partial charge is 0.350 e. The van der Waals surface area contributed by atoms with Gasteiger partial charge in [-0.05, 0) is 53.5 Å². The zero-order valence-corrected chi connectivity index (χ0v) is 17.7. The van der Waals surface area contributed by atoms with Crippen LogP contribution in [0.25, 0.3) is 10.2 Å². The Morgan fingerprint density at radius 2 is 2.00 bits per heavy atom. The molecule has 0 bridgehead atoms. The van der Waals surface area contributed by atoms with Gasteiger partial charge in [0.05, 0.1) is 10.6 Å².